The molecule has 0 spiro atoms. The summed E-state index contributed by atoms with van der Waals surface area (Å²) in [5, 5.41) is 8.46. The van der Waals surface area contributed by atoms with Gasteiger partial charge in [0.2, 0.25) is 0 Å². The van der Waals surface area contributed by atoms with E-state index in [0.717, 1.165) is 27.2 Å². The third kappa shape index (κ3) is 2.52. The van der Waals surface area contributed by atoms with Gasteiger partial charge in [-0.25, -0.2) is 0 Å². The van der Waals surface area contributed by atoms with E-state index in [9.17, 15) is 4.79 Å². The first-order chi connectivity index (χ1) is 10.5. The molecule has 0 aliphatic carbocycles. The van der Waals surface area contributed by atoms with E-state index in [1.165, 1.54) is 11.3 Å². The molecule has 1 N–H and O–H groups in total. The lowest BCUT2D eigenvalue weighted by molar-refractivity contribution is 0.103. The number of hydrogen-bond donors (Lipinski definition) is 1. The molecule has 22 heavy (non-hydrogen) atoms. The van der Waals surface area contributed by atoms with Crippen LogP contribution >= 0.6 is 11.3 Å². The smallest absolute Gasteiger partial charge is 0.265 e. The van der Waals surface area contributed by atoms with Crippen molar-refractivity contribution >= 4 is 33.1 Å². The monoisotopic (exact) mass is 313 g/mol. The van der Waals surface area contributed by atoms with Crippen LogP contribution in [0.2, 0.25) is 0 Å². The Bertz CT molecular complexity index is 810. The van der Waals surface area contributed by atoms with Gasteiger partial charge in [0.25, 0.3) is 5.91 Å². The molecule has 1 aromatic carbocycles. The van der Waals surface area contributed by atoms with Crippen LogP contribution in [0.1, 0.15) is 40.7 Å². The van der Waals surface area contributed by atoms with Gasteiger partial charge in [-0.05, 0) is 30.5 Å². The number of hydrogen-bond acceptors (Lipinski definition) is 3. The molecule has 0 saturated heterocycles. The number of aryl methyl sites for hydroxylation is 2. The SMILES string of the molecule is Cc1nn(C)c2sc(C(=O)Nc3ccccc3C(C)C)cc12. The number of carbonyl (C=O) groups is 1. The Morgan fingerprint density at radius 3 is 2.73 bits per heavy atom. The number of aromatic nitrogens is 2. The van der Waals surface area contributed by atoms with Crippen LogP contribution in [0, 0.1) is 6.92 Å². The highest BCUT2D eigenvalue weighted by Crippen LogP contribution is 2.29. The van der Waals surface area contributed by atoms with Crippen LogP contribution in [0.4, 0.5) is 5.69 Å². The predicted octanol–water partition coefficient (Wildman–Crippen LogP) is 4.32. The summed E-state index contributed by atoms with van der Waals surface area (Å²) < 4.78 is 1.83. The number of anilines is 1. The van der Waals surface area contributed by atoms with Gasteiger partial charge in [-0.3, -0.25) is 9.48 Å². The Morgan fingerprint density at radius 1 is 1.32 bits per heavy atom. The molecule has 0 aliphatic heterocycles. The largest absolute Gasteiger partial charge is 0.321 e. The number of thiophene rings is 1. The van der Waals surface area contributed by atoms with Crippen molar-refractivity contribution in [1.82, 2.24) is 9.78 Å². The standard InChI is InChI=1S/C17H19N3OS/c1-10(2)12-7-5-6-8-14(12)18-16(21)15-9-13-11(3)19-20(4)17(13)22-15/h5-10H,1-4H3,(H,18,21). The Labute approximate surface area is 133 Å². The second kappa shape index (κ2) is 5.57. The average molecular weight is 313 g/mol. The van der Waals surface area contributed by atoms with Gasteiger partial charge in [0.15, 0.2) is 0 Å². The highest BCUT2D eigenvalue weighted by molar-refractivity contribution is 7.20. The van der Waals surface area contributed by atoms with Crippen LogP contribution in [0.25, 0.3) is 10.2 Å². The fraction of sp³-hybridized carbons (Fsp3) is 0.294. The minimum atomic E-state index is -0.0614. The highest BCUT2D eigenvalue weighted by Gasteiger charge is 2.16. The van der Waals surface area contributed by atoms with E-state index in [0.29, 0.717) is 10.8 Å². The van der Waals surface area contributed by atoms with Gasteiger partial charge in [-0.1, -0.05) is 32.0 Å². The van der Waals surface area contributed by atoms with Crippen molar-refractivity contribution in [2.24, 2.45) is 7.05 Å². The summed E-state index contributed by atoms with van der Waals surface area (Å²) in [6.45, 7) is 6.21. The molecule has 0 saturated carbocycles. The van der Waals surface area contributed by atoms with E-state index in [-0.39, 0.29) is 5.91 Å². The van der Waals surface area contributed by atoms with Crippen molar-refractivity contribution < 1.29 is 4.79 Å². The van der Waals surface area contributed by atoms with Crippen LogP contribution in [-0.4, -0.2) is 15.7 Å². The number of fused-ring (bicyclic) bond motifs is 1. The van der Waals surface area contributed by atoms with Gasteiger partial charge < -0.3 is 5.32 Å². The maximum atomic E-state index is 12.5. The van der Waals surface area contributed by atoms with Crippen LogP contribution in [0.5, 0.6) is 0 Å². The fourth-order valence-corrected chi connectivity index (χ4v) is 3.63. The first-order valence-electron chi connectivity index (χ1n) is 7.30. The molecule has 0 aliphatic rings. The normalized spacial score (nSPS) is 11.3. The maximum absolute atomic E-state index is 12.5. The molecule has 5 heteroatoms. The van der Waals surface area contributed by atoms with E-state index in [1.54, 1.807) is 0 Å². The summed E-state index contributed by atoms with van der Waals surface area (Å²) >= 11 is 1.47. The Kier molecular flexibility index (Phi) is 3.74. The zero-order chi connectivity index (χ0) is 15.9. The minimum Gasteiger partial charge on any atom is -0.321 e. The van der Waals surface area contributed by atoms with Crippen molar-refractivity contribution in [1.29, 1.82) is 0 Å². The van der Waals surface area contributed by atoms with Gasteiger partial charge in [-0.15, -0.1) is 11.3 Å². The number of benzene rings is 1. The Balaban J connectivity index is 1.92. The number of carbonyl (C=O) groups excluding carboxylic acids is 1. The summed E-state index contributed by atoms with van der Waals surface area (Å²) in [4.78, 5) is 14.3. The molecule has 3 aromatic rings. The van der Waals surface area contributed by atoms with Crippen LogP contribution in [0.3, 0.4) is 0 Å². The lowest BCUT2D eigenvalue weighted by Crippen LogP contribution is -2.12. The highest BCUT2D eigenvalue weighted by atomic mass is 32.1. The van der Waals surface area contributed by atoms with Crippen molar-refractivity contribution in [2.75, 3.05) is 5.32 Å². The molecule has 2 aromatic heterocycles. The predicted molar refractivity (Wildman–Crippen MR) is 91.8 cm³/mol. The number of para-hydroxylation sites is 1. The van der Waals surface area contributed by atoms with E-state index in [4.69, 9.17) is 0 Å². The van der Waals surface area contributed by atoms with Gasteiger partial charge in [0.1, 0.15) is 4.83 Å². The second-order valence-corrected chi connectivity index (χ2v) is 6.77. The number of amides is 1. The van der Waals surface area contributed by atoms with E-state index < -0.39 is 0 Å². The summed E-state index contributed by atoms with van der Waals surface area (Å²) in [6, 6.07) is 9.88. The third-order valence-corrected chi connectivity index (χ3v) is 4.95. The first kappa shape index (κ1) is 14.8. The molecule has 3 rings (SSSR count). The van der Waals surface area contributed by atoms with Crippen molar-refractivity contribution in [2.45, 2.75) is 26.7 Å². The molecule has 0 bridgehead atoms. The summed E-state index contributed by atoms with van der Waals surface area (Å²) in [7, 11) is 1.90. The fourth-order valence-electron chi connectivity index (χ4n) is 2.62. The molecular weight excluding hydrogens is 294 g/mol. The van der Waals surface area contributed by atoms with Crippen LogP contribution < -0.4 is 5.32 Å². The quantitative estimate of drug-likeness (QED) is 0.783. The number of nitrogens with zero attached hydrogens (tertiary/aromatic N) is 2. The molecule has 0 fully saturated rings. The minimum absolute atomic E-state index is 0.0614. The lowest BCUT2D eigenvalue weighted by atomic mass is 10.0. The summed E-state index contributed by atoms with van der Waals surface area (Å²) in [5.74, 6) is 0.305. The van der Waals surface area contributed by atoms with Gasteiger partial charge in [-0.2, -0.15) is 5.10 Å². The average Bonchev–Trinajstić information content (AvgIpc) is 3.02. The van der Waals surface area contributed by atoms with Crippen molar-refractivity contribution in [3.63, 3.8) is 0 Å². The third-order valence-electron chi connectivity index (χ3n) is 3.75. The summed E-state index contributed by atoms with van der Waals surface area (Å²) in [5.41, 5.74) is 2.99. The van der Waals surface area contributed by atoms with Gasteiger partial charge in [0.05, 0.1) is 10.6 Å². The molecular formula is C17H19N3OS. The van der Waals surface area contributed by atoms with E-state index in [2.05, 4.69) is 30.3 Å². The van der Waals surface area contributed by atoms with E-state index in [1.807, 2.05) is 42.9 Å². The molecule has 0 radical (unpaired) electrons. The van der Waals surface area contributed by atoms with Gasteiger partial charge >= 0.3 is 0 Å². The molecule has 0 atom stereocenters. The number of rotatable bonds is 3. The lowest BCUT2D eigenvalue weighted by Gasteiger charge is -2.12. The molecule has 4 nitrogen and oxygen atoms in total. The zero-order valence-electron chi connectivity index (χ0n) is 13.2. The zero-order valence-corrected chi connectivity index (χ0v) is 14.0. The number of nitrogens with one attached hydrogen (secondary N) is 1. The van der Waals surface area contributed by atoms with E-state index >= 15 is 0 Å². The maximum Gasteiger partial charge on any atom is 0.265 e. The Hall–Kier alpha value is -2.14. The second-order valence-electron chi connectivity index (χ2n) is 5.73. The molecule has 114 valence electrons. The van der Waals surface area contributed by atoms with Gasteiger partial charge in [0, 0.05) is 18.1 Å². The van der Waals surface area contributed by atoms with Crippen LogP contribution in [-0.2, 0) is 7.05 Å². The first-order valence-corrected chi connectivity index (χ1v) is 8.12. The molecule has 1 amide bonds. The topological polar surface area (TPSA) is 46.9 Å². The Morgan fingerprint density at radius 2 is 2.05 bits per heavy atom. The van der Waals surface area contributed by atoms with Crippen molar-refractivity contribution in [3.8, 4) is 0 Å². The van der Waals surface area contributed by atoms with Crippen LogP contribution in [0.15, 0.2) is 30.3 Å². The molecule has 2 heterocycles. The molecule has 0 unspecified atom stereocenters. The van der Waals surface area contributed by atoms with Crippen molar-refractivity contribution in [3.05, 3.63) is 46.5 Å². The summed E-state index contributed by atoms with van der Waals surface area (Å²) in [6.07, 6.45) is 0.